The highest BCUT2D eigenvalue weighted by Crippen LogP contribution is 2.48. The number of fused-ring (bicyclic) bond motifs is 1. The minimum absolute atomic E-state index is 0.251. The van der Waals surface area contributed by atoms with Crippen molar-refractivity contribution >= 4 is 11.8 Å². The second-order valence-corrected chi connectivity index (χ2v) is 7.08. The molecule has 2 unspecified atom stereocenters. The molecule has 1 saturated heterocycles. The number of rotatable bonds is 3. The first-order chi connectivity index (χ1) is 10.4. The first-order valence-corrected chi connectivity index (χ1v) is 7.76. The number of carbonyl (C=O) groups is 1. The van der Waals surface area contributed by atoms with Crippen molar-refractivity contribution in [1.29, 1.82) is 0 Å². The number of hydrogen-bond acceptors (Lipinski definition) is 4. The van der Waals surface area contributed by atoms with Gasteiger partial charge in [-0.3, -0.25) is 0 Å². The Bertz CT molecular complexity index is 555. The number of ether oxygens (including phenoxy) is 2. The highest BCUT2D eigenvalue weighted by Gasteiger charge is 2.57. The number of carbonyl (C=O) groups excluding carboxylic acids is 1. The summed E-state index contributed by atoms with van der Waals surface area (Å²) in [7, 11) is 1.70. The summed E-state index contributed by atoms with van der Waals surface area (Å²) in [6.07, 6.45) is -0.309. The van der Waals surface area contributed by atoms with Crippen LogP contribution in [0.25, 0.3) is 0 Å². The van der Waals surface area contributed by atoms with Crippen molar-refractivity contribution in [3.05, 3.63) is 24.3 Å². The Morgan fingerprint density at radius 1 is 1.23 bits per heavy atom. The van der Waals surface area contributed by atoms with E-state index in [1.807, 2.05) is 39.0 Å². The molecule has 3 rings (SSSR count). The normalized spacial score (nSPS) is 26.4. The quantitative estimate of drug-likeness (QED) is 0.933. The van der Waals surface area contributed by atoms with Gasteiger partial charge in [-0.05, 0) is 32.9 Å². The predicted molar refractivity (Wildman–Crippen MR) is 85.3 cm³/mol. The standard InChI is InChI=1S/C17H24N2O3/c1-17(2,3)22-16(20)18-15-11-9-19(10-12(11)15)13-7-5-6-8-14(13)21-4/h5-8,11-12,15H,9-10H2,1-4H3,(H,18,20). The molecule has 2 aliphatic rings. The van der Waals surface area contributed by atoms with Gasteiger partial charge in [0.15, 0.2) is 0 Å². The number of methoxy groups -OCH3 is 1. The maximum Gasteiger partial charge on any atom is 0.407 e. The van der Waals surface area contributed by atoms with E-state index in [2.05, 4.69) is 16.3 Å². The molecule has 22 heavy (non-hydrogen) atoms. The highest BCUT2D eigenvalue weighted by molar-refractivity contribution is 5.69. The lowest BCUT2D eigenvalue weighted by Crippen LogP contribution is -2.38. The molecule has 1 aromatic rings. The van der Waals surface area contributed by atoms with Crippen LogP contribution in [0.15, 0.2) is 24.3 Å². The highest BCUT2D eigenvalue weighted by atomic mass is 16.6. The molecule has 120 valence electrons. The molecule has 5 heteroatoms. The Morgan fingerprint density at radius 2 is 1.86 bits per heavy atom. The fourth-order valence-electron chi connectivity index (χ4n) is 3.27. The molecule has 1 saturated carbocycles. The summed E-state index contributed by atoms with van der Waals surface area (Å²) in [6, 6.07) is 8.32. The van der Waals surface area contributed by atoms with Gasteiger partial charge in [-0.25, -0.2) is 4.79 Å². The molecule has 1 N–H and O–H groups in total. The minimum Gasteiger partial charge on any atom is -0.495 e. The van der Waals surface area contributed by atoms with Crippen molar-refractivity contribution in [3.8, 4) is 5.75 Å². The third kappa shape index (κ3) is 2.98. The van der Waals surface area contributed by atoms with Crippen molar-refractivity contribution in [1.82, 2.24) is 5.32 Å². The van der Waals surface area contributed by atoms with Gasteiger partial charge in [0, 0.05) is 31.0 Å². The van der Waals surface area contributed by atoms with E-state index in [1.54, 1.807) is 7.11 Å². The Kier molecular flexibility index (Phi) is 3.67. The zero-order valence-corrected chi connectivity index (χ0v) is 13.6. The topological polar surface area (TPSA) is 50.8 Å². The fraction of sp³-hybridized carbons (Fsp3) is 0.588. The van der Waals surface area contributed by atoms with Crippen LogP contribution in [-0.2, 0) is 4.74 Å². The largest absolute Gasteiger partial charge is 0.495 e. The molecule has 0 bridgehead atoms. The van der Waals surface area contributed by atoms with E-state index >= 15 is 0 Å². The smallest absolute Gasteiger partial charge is 0.407 e. The molecule has 2 atom stereocenters. The van der Waals surface area contributed by atoms with Crippen molar-refractivity contribution in [2.45, 2.75) is 32.4 Å². The van der Waals surface area contributed by atoms with Gasteiger partial charge in [0.1, 0.15) is 11.4 Å². The second-order valence-electron chi connectivity index (χ2n) is 7.08. The zero-order chi connectivity index (χ0) is 15.9. The average Bonchev–Trinajstić information content (AvgIpc) is 2.89. The van der Waals surface area contributed by atoms with Crippen LogP contribution in [-0.4, -0.2) is 37.9 Å². The van der Waals surface area contributed by atoms with Gasteiger partial charge in [-0.1, -0.05) is 12.1 Å². The molecule has 2 fully saturated rings. The lowest BCUT2D eigenvalue weighted by molar-refractivity contribution is 0.0518. The van der Waals surface area contributed by atoms with Gasteiger partial charge in [-0.2, -0.15) is 0 Å². The lowest BCUT2D eigenvalue weighted by Gasteiger charge is -2.25. The van der Waals surface area contributed by atoms with Crippen LogP contribution >= 0.6 is 0 Å². The SMILES string of the molecule is COc1ccccc1N1CC2C(C1)C2NC(=O)OC(C)(C)C. The fourth-order valence-corrected chi connectivity index (χ4v) is 3.27. The predicted octanol–water partition coefficient (Wildman–Crippen LogP) is 2.65. The first kappa shape index (κ1) is 15.0. The molecule has 0 spiro atoms. The lowest BCUT2D eigenvalue weighted by atomic mass is 10.2. The Morgan fingerprint density at radius 3 is 2.45 bits per heavy atom. The summed E-state index contributed by atoms with van der Waals surface area (Å²) >= 11 is 0. The number of nitrogens with one attached hydrogen (secondary N) is 1. The maximum absolute atomic E-state index is 11.8. The summed E-state index contributed by atoms with van der Waals surface area (Å²) in [5, 5.41) is 2.99. The third-order valence-corrected chi connectivity index (χ3v) is 4.30. The number of hydrogen-bond donors (Lipinski definition) is 1. The number of para-hydroxylation sites is 2. The van der Waals surface area contributed by atoms with E-state index < -0.39 is 5.60 Å². The molecule has 0 radical (unpaired) electrons. The van der Waals surface area contributed by atoms with Gasteiger partial charge in [0.05, 0.1) is 12.8 Å². The second kappa shape index (κ2) is 5.38. The number of amides is 1. The van der Waals surface area contributed by atoms with Crippen LogP contribution in [0.5, 0.6) is 5.75 Å². The minimum atomic E-state index is -0.447. The molecule has 1 heterocycles. The number of nitrogens with zero attached hydrogens (tertiary/aromatic N) is 1. The third-order valence-electron chi connectivity index (χ3n) is 4.30. The molecule has 1 amide bonds. The summed E-state index contributed by atoms with van der Waals surface area (Å²) in [5.41, 5.74) is 0.686. The van der Waals surface area contributed by atoms with E-state index in [9.17, 15) is 4.79 Å². The van der Waals surface area contributed by atoms with Gasteiger partial charge >= 0.3 is 6.09 Å². The molecule has 1 aromatic carbocycles. The zero-order valence-electron chi connectivity index (χ0n) is 13.6. The van der Waals surface area contributed by atoms with Crippen LogP contribution < -0.4 is 15.0 Å². The van der Waals surface area contributed by atoms with Crippen LogP contribution in [0, 0.1) is 11.8 Å². The van der Waals surface area contributed by atoms with Crippen LogP contribution in [0.1, 0.15) is 20.8 Å². The van der Waals surface area contributed by atoms with Gasteiger partial charge in [0.2, 0.25) is 0 Å². The van der Waals surface area contributed by atoms with Crippen LogP contribution in [0.4, 0.5) is 10.5 Å². The van der Waals surface area contributed by atoms with Gasteiger partial charge in [-0.15, -0.1) is 0 Å². The average molecular weight is 304 g/mol. The monoisotopic (exact) mass is 304 g/mol. The van der Waals surface area contributed by atoms with Gasteiger partial charge < -0.3 is 19.7 Å². The molecule has 5 nitrogen and oxygen atoms in total. The van der Waals surface area contributed by atoms with Crippen molar-refractivity contribution in [3.63, 3.8) is 0 Å². The van der Waals surface area contributed by atoms with E-state index in [0.29, 0.717) is 11.8 Å². The van der Waals surface area contributed by atoms with Crippen LogP contribution in [0.2, 0.25) is 0 Å². The molecule has 1 aliphatic carbocycles. The number of benzene rings is 1. The molecular formula is C17H24N2O3. The van der Waals surface area contributed by atoms with Crippen molar-refractivity contribution in [2.24, 2.45) is 11.8 Å². The Balaban J connectivity index is 1.54. The summed E-state index contributed by atoms with van der Waals surface area (Å²) in [5.74, 6) is 1.93. The van der Waals surface area contributed by atoms with E-state index in [1.165, 1.54) is 0 Å². The van der Waals surface area contributed by atoms with E-state index in [4.69, 9.17) is 9.47 Å². The summed E-state index contributed by atoms with van der Waals surface area (Å²) in [6.45, 7) is 7.54. The van der Waals surface area contributed by atoms with Crippen LogP contribution in [0.3, 0.4) is 0 Å². The van der Waals surface area contributed by atoms with E-state index in [0.717, 1.165) is 24.5 Å². The number of alkyl carbamates (subject to hydrolysis) is 1. The summed E-state index contributed by atoms with van der Waals surface area (Å²) < 4.78 is 10.7. The molecule has 1 aliphatic heterocycles. The molecule has 0 aromatic heterocycles. The van der Waals surface area contributed by atoms with Crippen molar-refractivity contribution in [2.75, 3.05) is 25.1 Å². The number of anilines is 1. The summed E-state index contributed by atoms with van der Waals surface area (Å²) in [4.78, 5) is 14.2. The number of piperidine rings is 1. The Hall–Kier alpha value is -1.91. The van der Waals surface area contributed by atoms with Crippen molar-refractivity contribution < 1.29 is 14.3 Å². The molecular weight excluding hydrogens is 280 g/mol. The first-order valence-electron chi connectivity index (χ1n) is 7.76. The van der Waals surface area contributed by atoms with Gasteiger partial charge in [0.25, 0.3) is 0 Å². The van der Waals surface area contributed by atoms with E-state index in [-0.39, 0.29) is 12.1 Å². The maximum atomic E-state index is 11.8. The Labute approximate surface area is 131 Å².